The SMILES string of the molecule is OC[C@@H]1CC[C@H](c2nnnn2C2CCCCC2)N1CC1CC1. The first-order chi connectivity index (χ1) is 10.9. The third-order valence-electron chi connectivity index (χ3n) is 5.76. The Balaban J connectivity index is 1.56. The van der Waals surface area contributed by atoms with Crippen LogP contribution in [0.3, 0.4) is 0 Å². The molecule has 0 bridgehead atoms. The predicted molar refractivity (Wildman–Crippen MR) is 82.2 cm³/mol. The fourth-order valence-electron chi connectivity index (χ4n) is 4.29. The van der Waals surface area contributed by atoms with Gasteiger partial charge < -0.3 is 5.11 Å². The number of nitrogens with zero attached hydrogens (tertiary/aromatic N) is 5. The molecular weight excluding hydrogens is 278 g/mol. The van der Waals surface area contributed by atoms with Crippen LogP contribution in [-0.4, -0.2) is 49.4 Å². The normalized spacial score (nSPS) is 31.0. The monoisotopic (exact) mass is 305 g/mol. The van der Waals surface area contributed by atoms with Crippen molar-refractivity contribution in [3.8, 4) is 0 Å². The topological polar surface area (TPSA) is 67.1 Å². The van der Waals surface area contributed by atoms with Crippen LogP contribution in [0.1, 0.15) is 75.7 Å². The van der Waals surface area contributed by atoms with Gasteiger partial charge in [0.2, 0.25) is 0 Å². The number of aromatic nitrogens is 4. The largest absolute Gasteiger partial charge is 0.395 e. The molecule has 2 atom stereocenters. The second kappa shape index (κ2) is 6.24. The maximum atomic E-state index is 9.70. The van der Waals surface area contributed by atoms with Gasteiger partial charge in [0.15, 0.2) is 5.82 Å². The van der Waals surface area contributed by atoms with E-state index in [4.69, 9.17) is 0 Å². The third-order valence-corrected chi connectivity index (χ3v) is 5.76. The maximum Gasteiger partial charge on any atom is 0.168 e. The quantitative estimate of drug-likeness (QED) is 0.902. The molecule has 122 valence electrons. The van der Waals surface area contributed by atoms with Crippen LogP contribution in [0.25, 0.3) is 0 Å². The van der Waals surface area contributed by atoms with Gasteiger partial charge in [-0.1, -0.05) is 19.3 Å². The lowest BCUT2D eigenvalue weighted by Gasteiger charge is -2.30. The summed E-state index contributed by atoms with van der Waals surface area (Å²) in [5.74, 6) is 1.87. The van der Waals surface area contributed by atoms with Gasteiger partial charge in [-0.15, -0.1) is 5.10 Å². The molecular formula is C16H27N5O. The molecule has 1 N–H and O–H groups in total. The number of tetrazole rings is 1. The van der Waals surface area contributed by atoms with E-state index in [2.05, 4.69) is 25.1 Å². The lowest BCUT2D eigenvalue weighted by Crippen LogP contribution is -2.37. The third kappa shape index (κ3) is 2.78. The molecule has 0 aromatic carbocycles. The summed E-state index contributed by atoms with van der Waals surface area (Å²) in [7, 11) is 0. The Hall–Kier alpha value is -1.01. The Labute approximate surface area is 131 Å². The van der Waals surface area contributed by atoms with E-state index in [1.54, 1.807) is 0 Å². The molecule has 3 aliphatic rings. The summed E-state index contributed by atoms with van der Waals surface area (Å²) in [5, 5.41) is 22.4. The first-order valence-electron chi connectivity index (χ1n) is 9.01. The van der Waals surface area contributed by atoms with E-state index < -0.39 is 0 Å². The summed E-state index contributed by atoms with van der Waals surface area (Å²) in [6.45, 7) is 1.36. The highest BCUT2D eigenvalue weighted by molar-refractivity contribution is 5.02. The molecule has 4 rings (SSSR count). The second-order valence-electron chi connectivity index (χ2n) is 7.34. The van der Waals surface area contributed by atoms with Crippen molar-refractivity contribution in [2.75, 3.05) is 13.2 Å². The molecule has 22 heavy (non-hydrogen) atoms. The van der Waals surface area contributed by atoms with E-state index in [-0.39, 0.29) is 6.61 Å². The Morgan fingerprint density at radius 2 is 1.82 bits per heavy atom. The Bertz CT molecular complexity index is 494. The fraction of sp³-hybridized carbons (Fsp3) is 0.938. The van der Waals surface area contributed by atoms with Crippen molar-refractivity contribution in [1.29, 1.82) is 0 Å². The summed E-state index contributed by atoms with van der Waals surface area (Å²) in [4.78, 5) is 2.49. The molecule has 0 radical (unpaired) electrons. The molecule has 2 saturated carbocycles. The lowest BCUT2D eigenvalue weighted by molar-refractivity contribution is 0.117. The summed E-state index contributed by atoms with van der Waals surface area (Å²) < 4.78 is 2.11. The zero-order valence-electron chi connectivity index (χ0n) is 13.3. The van der Waals surface area contributed by atoms with Gasteiger partial charge in [-0.25, -0.2) is 4.68 Å². The van der Waals surface area contributed by atoms with Gasteiger partial charge in [-0.2, -0.15) is 0 Å². The van der Waals surface area contributed by atoms with Crippen molar-refractivity contribution in [2.45, 2.75) is 75.9 Å². The molecule has 1 aromatic heterocycles. The molecule has 0 unspecified atom stereocenters. The Kier molecular flexibility index (Phi) is 4.13. The van der Waals surface area contributed by atoms with Gasteiger partial charge in [0.25, 0.3) is 0 Å². The van der Waals surface area contributed by atoms with E-state index in [0.717, 1.165) is 31.1 Å². The minimum Gasteiger partial charge on any atom is -0.395 e. The van der Waals surface area contributed by atoms with E-state index in [1.807, 2.05) is 0 Å². The summed E-state index contributed by atoms with van der Waals surface area (Å²) in [6.07, 6.45) is 11.2. The molecule has 2 aliphatic carbocycles. The van der Waals surface area contributed by atoms with Crippen molar-refractivity contribution in [1.82, 2.24) is 25.1 Å². The van der Waals surface area contributed by atoms with Crippen LogP contribution in [0.2, 0.25) is 0 Å². The summed E-state index contributed by atoms with van der Waals surface area (Å²) in [6, 6.07) is 1.08. The van der Waals surface area contributed by atoms with Gasteiger partial charge in [0.05, 0.1) is 18.7 Å². The molecule has 0 amide bonds. The van der Waals surface area contributed by atoms with Crippen molar-refractivity contribution in [2.24, 2.45) is 5.92 Å². The molecule has 0 spiro atoms. The highest BCUT2D eigenvalue weighted by Gasteiger charge is 2.40. The maximum absolute atomic E-state index is 9.70. The van der Waals surface area contributed by atoms with E-state index >= 15 is 0 Å². The van der Waals surface area contributed by atoms with Crippen LogP contribution >= 0.6 is 0 Å². The van der Waals surface area contributed by atoms with Crippen LogP contribution in [0, 0.1) is 5.92 Å². The lowest BCUT2D eigenvalue weighted by atomic mass is 9.95. The summed E-state index contributed by atoms with van der Waals surface area (Å²) in [5.41, 5.74) is 0. The van der Waals surface area contributed by atoms with E-state index in [1.165, 1.54) is 44.9 Å². The minimum atomic E-state index is 0.258. The molecule has 1 aliphatic heterocycles. The number of aliphatic hydroxyl groups excluding tert-OH is 1. The highest BCUT2D eigenvalue weighted by Crippen LogP contribution is 2.41. The first kappa shape index (κ1) is 14.6. The first-order valence-corrected chi connectivity index (χ1v) is 9.01. The van der Waals surface area contributed by atoms with Gasteiger partial charge in [0, 0.05) is 12.6 Å². The number of aliphatic hydroxyl groups is 1. The van der Waals surface area contributed by atoms with Crippen molar-refractivity contribution >= 4 is 0 Å². The molecule has 1 aromatic rings. The number of rotatable bonds is 5. The van der Waals surface area contributed by atoms with Crippen LogP contribution in [0.4, 0.5) is 0 Å². The molecule has 1 saturated heterocycles. The average molecular weight is 305 g/mol. The zero-order chi connectivity index (χ0) is 14.9. The van der Waals surface area contributed by atoms with E-state index in [9.17, 15) is 5.11 Å². The van der Waals surface area contributed by atoms with Gasteiger partial charge in [-0.3, -0.25) is 4.90 Å². The average Bonchev–Trinajstić information content (AvgIpc) is 3.10. The van der Waals surface area contributed by atoms with Crippen LogP contribution in [-0.2, 0) is 0 Å². The van der Waals surface area contributed by atoms with Gasteiger partial charge in [0.1, 0.15) is 0 Å². The standard InChI is InChI=1S/C16H27N5O/c22-11-14-8-9-15(20(14)10-12-6-7-12)16-17-18-19-21(16)13-4-2-1-3-5-13/h12-15,22H,1-11H2/t14-,15+/m0/s1. The fourth-order valence-corrected chi connectivity index (χ4v) is 4.29. The second-order valence-corrected chi connectivity index (χ2v) is 7.34. The highest BCUT2D eigenvalue weighted by atomic mass is 16.3. The predicted octanol–water partition coefficient (Wildman–Crippen LogP) is 2.09. The van der Waals surface area contributed by atoms with Crippen LogP contribution < -0.4 is 0 Å². The van der Waals surface area contributed by atoms with Gasteiger partial charge in [-0.05, 0) is 54.9 Å². The van der Waals surface area contributed by atoms with Crippen molar-refractivity contribution in [3.05, 3.63) is 5.82 Å². The number of likely N-dealkylation sites (tertiary alicyclic amines) is 1. The Morgan fingerprint density at radius 1 is 1.00 bits per heavy atom. The summed E-state index contributed by atoms with van der Waals surface area (Å²) >= 11 is 0. The smallest absolute Gasteiger partial charge is 0.168 e. The molecule has 2 heterocycles. The Morgan fingerprint density at radius 3 is 2.55 bits per heavy atom. The molecule has 6 nitrogen and oxygen atoms in total. The molecule has 6 heteroatoms. The van der Waals surface area contributed by atoms with Crippen LogP contribution in [0.15, 0.2) is 0 Å². The zero-order valence-corrected chi connectivity index (χ0v) is 13.3. The van der Waals surface area contributed by atoms with Gasteiger partial charge >= 0.3 is 0 Å². The number of hydrogen-bond acceptors (Lipinski definition) is 5. The van der Waals surface area contributed by atoms with Crippen molar-refractivity contribution in [3.63, 3.8) is 0 Å². The van der Waals surface area contributed by atoms with Crippen molar-refractivity contribution < 1.29 is 5.11 Å². The minimum absolute atomic E-state index is 0.258. The van der Waals surface area contributed by atoms with Crippen LogP contribution in [0.5, 0.6) is 0 Å². The number of hydrogen-bond donors (Lipinski definition) is 1. The molecule has 3 fully saturated rings. The van der Waals surface area contributed by atoms with E-state index in [0.29, 0.717) is 18.1 Å².